The van der Waals surface area contributed by atoms with Gasteiger partial charge < -0.3 is 14.8 Å². The first-order valence-electron chi connectivity index (χ1n) is 11.8. The van der Waals surface area contributed by atoms with E-state index in [1.165, 1.54) is 0 Å². The topological polar surface area (TPSA) is 53.4 Å². The van der Waals surface area contributed by atoms with Crippen molar-refractivity contribution in [2.45, 2.75) is 26.7 Å². The molecule has 1 aromatic heterocycles. The number of hydrogen-bond acceptors (Lipinski definition) is 4. The van der Waals surface area contributed by atoms with E-state index in [1.54, 1.807) is 0 Å². The lowest BCUT2D eigenvalue weighted by atomic mass is 10.2. The van der Waals surface area contributed by atoms with E-state index in [-0.39, 0.29) is 30.7 Å². The van der Waals surface area contributed by atoms with Crippen molar-refractivity contribution in [2.24, 2.45) is 0 Å². The summed E-state index contributed by atoms with van der Waals surface area (Å²) < 4.78 is 2.07. The lowest BCUT2D eigenvalue weighted by molar-refractivity contribution is 0.0946. The first-order chi connectivity index (χ1) is 16.5. The van der Waals surface area contributed by atoms with Gasteiger partial charge in [-0.05, 0) is 44.2 Å². The summed E-state index contributed by atoms with van der Waals surface area (Å²) in [6.45, 7) is 9.30. The highest BCUT2D eigenvalue weighted by Crippen LogP contribution is 2.32. The number of imidazole rings is 1. The van der Waals surface area contributed by atoms with Gasteiger partial charge in [-0.1, -0.05) is 54.4 Å². The zero-order valence-electron chi connectivity index (χ0n) is 20.5. The van der Waals surface area contributed by atoms with Gasteiger partial charge in [-0.3, -0.25) is 9.69 Å². The highest BCUT2D eigenvalue weighted by Gasteiger charge is 2.21. The van der Waals surface area contributed by atoms with Crippen LogP contribution in [0.4, 0.5) is 5.69 Å². The number of aryl methyl sites for hydroxylation is 1. The zero-order chi connectivity index (χ0) is 24.1. The normalized spacial score (nSPS) is 13.6. The minimum atomic E-state index is -0.109. The average Bonchev–Trinajstić information content (AvgIpc) is 3.20. The van der Waals surface area contributed by atoms with Crippen molar-refractivity contribution in [3.63, 3.8) is 0 Å². The average molecular weight is 573 g/mol. The third kappa shape index (κ3) is 6.87. The van der Waals surface area contributed by atoms with E-state index in [4.69, 9.17) is 23.2 Å². The maximum atomic E-state index is 12.9. The van der Waals surface area contributed by atoms with Gasteiger partial charge in [-0.15, -0.1) is 24.8 Å². The highest BCUT2D eigenvalue weighted by atomic mass is 35.5. The summed E-state index contributed by atoms with van der Waals surface area (Å²) in [6.07, 6.45) is 1.65. The maximum Gasteiger partial charge on any atom is 0.271 e. The molecule has 1 N–H and O–H groups in total. The van der Waals surface area contributed by atoms with Crippen molar-refractivity contribution in [3.05, 3.63) is 75.8 Å². The molecule has 4 rings (SSSR count). The minimum absolute atomic E-state index is 0. The predicted molar refractivity (Wildman–Crippen MR) is 154 cm³/mol. The largest absolute Gasteiger partial charge is 0.368 e. The second-order valence-electron chi connectivity index (χ2n) is 8.50. The number of amides is 1. The first kappa shape index (κ1) is 30.3. The molecule has 6 nitrogen and oxygen atoms in total. The molecule has 0 aliphatic carbocycles. The van der Waals surface area contributed by atoms with E-state index >= 15 is 0 Å². The molecular formula is C26H33Cl4N5O. The van der Waals surface area contributed by atoms with E-state index in [0.717, 1.165) is 68.5 Å². The summed E-state index contributed by atoms with van der Waals surface area (Å²) in [5, 5.41) is 4.27. The van der Waals surface area contributed by atoms with Crippen molar-refractivity contribution >= 4 is 59.6 Å². The number of anilines is 1. The smallest absolute Gasteiger partial charge is 0.271 e. The van der Waals surface area contributed by atoms with Crippen molar-refractivity contribution in [3.8, 4) is 5.69 Å². The number of benzene rings is 2. The van der Waals surface area contributed by atoms with Crippen LogP contribution in [0.1, 0.15) is 35.4 Å². The molecular weight excluding hydrogens is 540 g/mol. The summed E-state index contributed by atoms with van der Waals surface area (Å²) in [6, 6.07) is 15.8. The van der Waals surface area contributed by atoms with Gasteiger partial charge in [0.1, 0.15) is 11.5 Å². The van der Waals surface area contributed by atoms with Crippen LogP contribution in [0.2, 0.25) is 10.0 Å². The summed E-state index contributed by atoms with van der Waals surface area (Å²) in [5.41, 5.74) is 3.41. The van der Waals surface area contributed by atoms with Crippen molar-refractivity contribution in [1.82, 2.24) is 19.8 Å². The Hall–Kier alpha value is -1.96. The molecule has 0 radical (unpaired) electrons. The van der Waals surface area contributed by atoms with Crippen molar-refractivity contribution < 1.29 is 4.79 Å². The Morgan fingerprint density at radius 1 is 1.00 bits per heavy atom. The van der Waals surface area contributed by atoms with Gasteiger partial charge in [0, 0.05) is 44.8 Å². The summed E-state index contributed by atoms with van der Waals surface area (Å²) in [4.78, 5) is 22.2. The number of halogens is 4. The molecule has 1 fully saturated rings. The SMILES string of the molecule is CCc1nc(C(=O)NCCCN2CCN(c3cccc(Cl)c3Cl)CC2)c(C)n1-c1ccccc1.Cl.Cl. The van der Waals surface area contributed by atoms with Crippen LogP contribution in [-0.4, -0.2) is 59.6 Å². The molecule has 0 bridgehead atoms. The van der Waals surface area contributed by atoms with Crippen LogP contribution in [0.5, 0.6) is 0 Å². The molecule has 36 heavy (non-hydrogen) atoms. The van der Waals surface area contributed by atoms with E-state index in [1.807, 2.05) is 55.5 Å². The number of aromatic nitrogens is 2. The summed E-state index contributed by atoms with van der Waals surface area (Å²) >= 11 is 12.5. The Labute approximate surface area is 235 Å². The monoisotopic (exact) mass is 571 g/mol. The Balaban J connectivity index is 0.00000228. The minimum Gasteiger partial charge on any atom is -0.368 e. The quantitative estimate of drug-likeness (QED) is 0.345. The second kappa shape index (κ2) is 14.1. The fraction of sp³-hybridized carbons (Fsp3) is 0.385. The summed E-state index contributed by atoms with van der Waals surface area (Å²) in [5.74, 6) is 0.786. The van der Waals surface area contributed by atoms with E-state index < -0.39 is 0 Å². The molecule has 10 heteroatoms. The zero-order valence-corrected chi connectivity index (χ0v) is 23.7. The van der Waals surface area contributed by atoms with E-state index in [9.17, 15) is 4.79 Å². The number of carbonyl (C=O) groups excluding carboxylic acids is 1. The third-order valence-corrected chi connectivity index (χ3v) is 7.11. The molecule has 1 amide bonds. The second-order valence-corrected chi connectivity index (χ2v) is 9.28. The predicted octanol–water partition coefficient (Wildman–Crippen LogP) is 5.84. The Bertz CT molecular complexity index is 1130. The third-order valence-electron chi connectivity index (χ3n) is 6.30. The van der Waals surface area contributed by atoms with Crippen molar-refractivity contribution in [1.29, 1.82) is 0 Å². The van der Waals surface area contributed by atoms with Gasteiger partial charge >= 0.3 is 0 Å². The number of carbonyl (C=O) groups is 1. The maximum absolute atomic E-state index is 12.9. The van der Waals surface area contributed by atoms with Gasteiger partial charge in [0.15, 0.2) is 0 Å². The summed E-state index contributed by atoms with van der Waals surface area (Å²) in [7, 11) is 0. The molecule has 2 heterocycles. The van der Waals surface area contributed by atoms with Gasteiger partial charge in [0.05, 0.1) is 21.4 Å². The standard InChI is InChI=1S/C26H31Cl2N5O.2ClH/c1-3-23-30-25(19(2)33(23)20-9-5-4-6-10-20)26(34)29-13-8-14-31-15-17-32(18-16-31)22-12-7-11-21(27)24(22)28;;/h4-7,9-12H,3,8,13-18H2,1-2H3,(H,29,34);2*1H. The van der Waals surface area contributed by atoms with Crippen molar-refractivity contribution in [2.75, 3.05) is 44.2 Å². The van der Waals surface area contributed by atoms with E-state index in [2.05, 4.69) is 31.6 Å². The first-order valence-corrected chi connectivity index (χ1v) is 12.6. The fourth-order valence-electron chi connectivity index (χ4n) is 4.47. The molecule has 0 atom stereocenters. The Morgan fingerprint density at radius 2 is 1.69 bits per heavy atom. The molecule has 0 saturated carbocycles. The molecule has 1 saturated heterocycles. The van der Waals surface area contributed by atoms with Crippen LogP contribution in [0.3, 0.4) is 0 Å². The number of rotatable bonds is 8. The van der Waals surface area contributed by atoms with Crippen LogP contribution in [-0.2, 0) is 6.42 Å². The van der Waals surface area contributed by atoms with E-state index in [0.29, 0.717) is 22.3 Å². The molecule has 0 unspecified atom stereocenters. The number of piperazine rings is 1. The molecule has 1 aliphatic rings. The molecule has 1 aliphatic heterocycles. The molecule has 0 spiro atoms. The molecule has 3 aromatic rings. The fourth-order valence-corrected chi connectivity index (χ4v) is 4.88. The molecule has 196 valence electrons. The van der Waals surface area contributed by atoms with Crippen LogP contribution in [0, 0.1) is 6.92 Å². The number of para-hydroxylation sites is 1. The van der Waals surface area contributed by atoms with Crippen LogP contribution >= 0.6 is 48.0 Å². The van der Waals surface area contributed by atoms with Gasteiger partial charge in [-0.25, -0.2) is 4.98 Å². The van der Waals surface area contributed by atoms with Crippen LogP contribution in [0.25, 0.3) is 5.69 Å². The van der Waals surface area contributed by atoms with Gasteiger partial charge in [0.25, 0.3) is 5.91 Å². The number of nitrogens with one attached hydrogen (secondary N) is 1. The van der Waals surface area contributed by atoms with Gasteiger partial charge in [0.2, 0.25) is 0 Å². The number of nitrogens with zero attached hydrogens (tertiary/aromatic N) is 4. The van der Waals surface area contributed by atoms with Crippen LogP contribution in [0.15, 0.2) is 48.5 Å². The molecule has 2 aromatic carbocycles. The number of hydrogen-bond donors (Lipinski definition) is 1. The van der Waals surface area contributed by atoms with Gasteiger partial charge in [-0.2, -0.15) is 0 Å². The lowest BCUT2D eigenvalue weighted by Gasteiger charge is -2.36. The Morgan fingerprint density at radius 3 is 2.36 bits per heavy atom. The highest BCUT2D eigenvalue weighted by molar-refractivity contribution is 6.43. The lowest BCUT2D eigenvalue weighted by Crippen LogP contribution is -2.47. The van der Waals surface area contributed by atoms with Crippen LogP contribution < -0.4 is 10.2 Å². The Kier molecular flexibility index (Phi) is 11.9.